The monoisotopic (exact) mass is 224 g/mol. The zero-order valence-corrected chi connectivity index (χ0v) is 9.92. The standard InChI is InChI=1S/C11H20N4O/c1-3-9(11-13-7-8-14-11)15-10(16)5-6-12-4-2/h7-9,12H,3-6H2,1-2H3,(H,13,14)(H,15,16). The molecule has 1 rings (SSSR count). The van der Waals surface area contributed by atoms with Gasteiger partial charge in [-0.3, -0.25) is 4.79 Å². The third-order valence-corrected chi connectivity index (χ3v) is 2.37. The Morgan fingerprint density at radius 3 is 2.94 bits per heavy atom. The number of hydrogen-bond acceptors (Lipinski definition) is 3. The molecule has 0 fully saturated rings. The molecular weight excluding hydrogens is 204 g/mol. The maximum atomic E-state index is 11.6. The molecule has 1 amide bonds. The third kappa shape index (κ3) is 4.02. The largest absolute Gasteiger partial charge is 0.347 e. The van der Waals surface area contributed by atoms with E-state index in [4.69, 9.17) is 0 Å². The van der Waals surface area contributed by atoms with Crippen molar-refractivity contribution in [2.45, 2.75) is 32.7 Å². The second-order valence-corrected chi connectivity index (χ2v) is 3.61. The number of carbonyl (C=O) groups excluding carboxylic acids is 1. The molecule has 0 bridgehead atoms. The van der Waals surface area contributed by atoms with Crippen LogP contribution in [0.1, 0.15) is 38.6 Å². The van der Waals surface area contributed by atoms with Gasteiger partial charge in [0.2, 0.25) is 5.91 Å². The lowest BCUT2D eigenvalue weighted by Gasteiger charge is -2.14. The van der Waals surface area contributed by atoms with E-state index in [0.29, 0.717) is 6.42 Å². The molecule has 0 spiro atoms. The molecule has 1 heterocycles. The average molecular weight is 224 g/mol. The third-order valence-electron chi connectivity index (χ3n) is 2.37. The van der Waals surface area contributed by atoms with Crippen LogP contribution in [-0.4, -0.2) is 29.0 Å². The lowest BCUT2D eigenvalue weighted by atomic mass is 10.2. The molecule has 0 saturated heterocycles. The minimum atomic E-state index is -0.0101. The quantitative estimate of drug-likeness (QED) is 0.605. The number of imidazole rings is 1. The summed E-state index contributed by atoms with van der Waals surface area (Å²) in [4.78, 5) is 18.8. The summed E-state index contributed by atoms with van der Waals surface area (Å²) in [6, 6.07) is -0.0101. The fraction of sp³-hybridized carbons (Fsp3) is 0.636. The van der Waals surface area contributed by atoms with Crippen molar-refractivity contribution in [3.8, 4) is 0 Å². The van der Waals surface area contributed by atoms with Gasteiger partial charge in [-0.2, -0.15) is 0 Å². The Morgan fingerprint density at radius 1 is 1.56 bits per heavy atom. The topological polar surface area (TPSA) is 69.8 Å². The lowest BCUT2D eigenvalue weighted by molar-refractivity contribution is -0.121. The number of aromatic nitrogens is 2. The van der Waals surface area contributed by atoms with E-state index in [1.807, 2.05) is 13.8 Å². The summed E-state index contributed by atoms with van der Waals surface area (Å²) in [6.45, 7) is 5.66. The Labute approximate surface area is 96.0 Å². The van der Waals surface area contributed by atoms with Gasteiger partial charge in [0, 0.05) is 25.4 Å². The van der Waals surface area contributed by atoms with Crippen molar-refractivity contribution in [1.29, 1.82) is 0 Å². The molecule has 1 unspecified atom stereocenters. The van der Waals surface area contributed by atoms with Crippen molar-refractivity contribution in [2.75, 3.05) is 13.1 Å². The van der Waals surface area contributed by atoms with E-state index in [9.17, 15) is 4.79 Å². The Kier molecular flexibility index (Phi) is 5.56. The van der Waals surface area contributed by atoms with Crippen LogP contribution in [0, 0.1) is 0 Å². The highest BCUT2D eigenvalue weighted by Gasteiger charge is 2.13. The fourth-order valence-corrected chi connectivity index (χ4v) is 1.48. The van der Waals surface area contributed by atoms with Crippen LogP contribution >= 0.6 is 0 Å². The normalized spacial score (nSPS) is 12.4. The zero-order chi connectivity index (χ0) is 11.8. The Balaban J connectivity index is 2.36. The molecule has 0 aromatic carbocycles. The van der Waals surface area contributed by atoms with Gasteiger partial charge in [0.05, 0.1) is 6.04 Å². The maximum absolute atomic E-state index is 11.6. The average Bonchev–Trinajstić information content (AvgIpc) is 2.79. The zero-order valence-electron chi connectivity index (χ0n) is 9.92. The van der Waals surface area contributed by atoms with Crippen molar-refractivity contribution in [3.63, 3.8) is 0 Å². The number of nitrogens with zero attached hydrogens (tertiary/aromatic N) is 1. The number of nitrogens with one attached hydrogen (secondary N) is 3. The smallest absolute Gasteiger partial charge is 0.221 e. The Morgan fingerprint density at radius 2 is 2.38 bits per heavy atom. The molecule has 90 valence electrons. The molecule has 1 atom stereocenters. The molecule has 0 aliphatic heterocycles. The van der Waals surface area contributed by atoms with Gasteiger partial charge in [0.15, 0.2) is 0 Å². The van der Waals surface area contributed by atoms with E-state index in [1.165, 1.54) is 0 Å². The first-order valence-corrected chi connectivity index (χ1v) is 5.77. The van der Waals surface area contributed by atoms with Crippen molar-refractivity contribution in [1.82, 2.24) is 20.6 Å². The fourth-order valence-electron chi connectivity index (χ4n) is 1.48. The van der Waals surface area contributed by atoms with Gasteiger partial charge in [0.25, 0.3) is 0 Å². The highest BCUT2D eigenvalue weighted by Crippen LogP contribution is 2.10. The summed E-state index contributed by atoms with van der Waals surface area (Å²) in [7, 11) is 0. The predicted octanol–water partition coefficient (Wildman–Crippen LogP) is 0.977. The molecule has 3 N–H and O–H groups in total. The minimum Gasteiger partial charge on any atom is -0.347 e. The highest BCUT2D eigenvalue weighted by atomic mass is 16.1. The van der Waals surface area contributed by atoms with Gasteiger partial charge < -0.3 is 15.6 Å². The van der Waals surface area contributed by atoms with E-state index < -0.39 is 0 Å². The number of rotatable bonds is 7. The van der Waals surface area contributed by atoms with Gasteiger partial charge in [-0.25, -0.2) is 4.98 Å². The van der Waals surface area contributed by atoms with E-state index in [0.717, 1.165) is 25.3 Å². The number of H-pyrrole nitrogens is 1. The van der Waals surface area contributed by atoms with Crippen LogP contribution in [0.25, 0.3) is 0 Å². The second kappa shape index (κ2) is 7.00. The number of amides is 1. The molecule has 0 saturated carbocycles. The van der Waals surface area contributed by atoms with Crippen molar-refractivity contribution in [3.05, 3.63) is 18.2 Å². The molecule has 0 aliphatic carbocycles. The van der Waals surface area contributed by atoms with Crippen LogP contribution in [0.4, 0.5) is 0 Å². The summed E-state index contributed by atoms with van der Waals surface area (Å²) < 4.78 is 0. The van der Waals surface area contributed by atoms with E-state index >= 15 is 0 Å². The van der Waals surface area contributed by atoms with Crippen LogP contribution in [0.2, 0.25) is 0 Å². The van der Waals surface area contributed by atoms with E-state index in [2.05, 4.69) is 20.6 Å². The van der Waals surface area contributed by atoms with Crippen LogP contribution < -0.4 is 10.6 Å². The van der Waals surface area contributed by atoms with Gasteiger partial charge in [-0.15, -0.1) is 0 Å². The first-order valence-electron chi connectivity index (χ1n) is 5.77. The maximum Gasteiger partial charge on any atom is 0.221 e. The summed E-state index contributed by atoms with van der Waals surface area (Å²) in [5, 5.41) is 6.08. The first-order chi connectivity index (χ1) is 7.77. The molecular formula is C11H20N4O. The van der Waals surface area contributed by atoms with Crippen LogP contribution in [-0.2, 0) is 4.79 Å². The number of aromatic amines is 1. The minimum absolute atomic E-state index is 0.0101. The molecule has 1 aromatic heterocycles. The van der Waals surface area contributed by atoms with Crippen molar-refractivity contribution >= 4 is 5.91 Å². The predicted molar refractivity (Wildman–Crippen MR) is 62.9 cm³/mol. The summed E-state index contributed by atoms with van der Waals surface area (Å²) in [5.74, 6) is 0.878. The first kappa shape index (κ1) is 12.7. The number of hydrogen-bond donors (Lipinski definition) is 3. The van der Waals surface area contributed by atoms with Gasteiger partial charge in [0.1, 0.15) is 5.82 Å². The van der Waals surface area contributed by atoms with Gasteiger partial charge >= 0.3 is 0 Å². The molecule has 5 nitrogen and oxygen atoms in total. The van der Waals surface area contributed by atoms with Crippen molar-refractivity contribution < 1.29 is 4.79 Å². The number of carbonyl (C=O) groups is 1. The Bertz CT molecular complexity index is 297. The van der Waals surface area contributed by atoms with Crippen LogP contribution in [0.3, 0.4) is 0 Å². The molecule has 16 heavy (non-hydrogen) atoms. The molecule has 5 heteroatoms. The summed E-state index contributed by atoms with van der Waals surface area (Å²) in [5.41, 5.74) is 0. The molecule has 0 radical (unpaired) electrons. The SMILES string of the molecule is CCNCCC(=O)NC(CC)c1ncc[nH]1. The van der Waals surface area contributed by atoms with Crippen molar-refractivity contribution in [2.24, 2.45) is 0 Å². The highest BCUT2D eigenvalue weighted by molar-refractivity contribution is 5.76. The summed E-state index contributed by atoms with van der Waals surface area (Å²) >= 11 is 0. The van der Waals surface area contributed by atoms with E-state index in [-0.39, 0.29) is 11.9 Å². The molecule has 0 aliphatic rings. The van der Waals surface area contributed by atoms with E-state index in [1.54, 1.807) is 12.4 Å². The molecule has 1 aromatic rings. The summed E-state index contributed by atoms with van der Waals surface area (Å²) in [6.07, 6.45) is 4.80. The van der Waals surface area contributed by atoms with Crippen LogP contribution in [0.5, 0.6) is 0 Å². The van der Waals surface area contributed by atoms with Crippen LogP contribution in [0.15, 0.2) is 12.4 Å². The second-order valence-electron chi connectivity index (χ2n) is 3.61. The van der Waals surface area contributed by atoms with Gasteiger partial charge in [-0.1, -0.05) is 13.8 Å². The lowest BCUT2D eigenvalue weighted by Crippen LogP contribution is -2.31. The Hall–Kier alpha value is -1.36. The van der Waals surface area contributed by atoms with Gasteiger partial charge in [-0.05, 0) is 13.0 Å².